The van der Waals surface area contributed by atoms with Crippen molar-refractivity contribution in [2.45, 2.75) is 46.2 Å². The number of rotatable bonds is 9. The number of benzene rings is 1. The quantitative estimate of drug-likeness (QED) is 0.549. The van der Waals surface area contributed by atoms with Crippen LogP contribution in [0, 0.1) is 0 Å². The van der Waals surface area contributed by atoms with Gasteiger partial charge in [-0.2, -0.15) is 4.98 Å². The first-order chi connectivity index (χ1) is 14.1. The maximum absolute atomic E-state index is 12.7. The highest BCUT2D eigenvalue weighted by Crippen LogP contribution is 2.16. The number of hydrogen-bond acceptors (Lipinski definition) is 7. The third-order valence-electron chi connectivity index (χ3n) is 4.36. The van der Waals surface area contributed by atoms with Gasteiger partial charge in [-0.3, -0.25) is 4.79 Å². The van der Waals surface area contributed by atoms with E-state index in [1.807, 2.05) is 38.1 Å². The topological polar surface area (TPSA) is 94.2 Å². The first-order valence-corrected chi connectivity index (χ1v) is 9.66. The molecule has 2 heterocycles. The number of ether oxygens (including phenoxy) is 1. The molecule has 2 aromatic heterocycles. The van der Waals surface area contributed by atoms with Crippen LogP contribution >= 0.6 is 0 Å². The molecule has 152 valence electrons. The maximum atomic E-state index is 12.7. The first kappa shape index (κ1) is 20.4. The summed E-state index contributed by atoms with van der Waals surface area (Å²) in [5, 5.41) is 3.94. The van der Waals surface area contributed by atoms with E-state index >= 15 is 0 Å². The number of nitrogens with zero attached hydrogens (tertiary/aromatic N) is 5. The van der Waals surface area contributed by atoms with Crippen LogP contribution in [0.25, 0.3) is 11.4 Å². The summed E-state index contributed by atoms with van der Waals surface area (Å²) >= 11 is 0. The zero-order chi connectivity index (χ0) is 20.6. The second kappa shape index (κ2) is 9.77. The van der Waals surface area contributed by atoms with E-state index in [0.717, 1.165) is 12.8 Å². The second-order valence-electron chi connectivity index (χ2n) is 6.94. The van der Waals surface area contributed by atoms with Crippen LogP contribution in [0.2, 0.25) is 0 Å². The van der Waals surface area contributed by atoms with Gasteiger partial charge < -0.3 is 14.2 Å². The molecule has 8 nitrogen and oxygen atoms in total. The largest absolute Gasteiger partial charge is 0.484 e. The molecule has 1 amide bonds. The van der Waals surface area contributed by atoms with Crippen molar-refractivity contribution < 1.29 is 14.1 Å². The fourth-order valence-corrected chi connectivity index (χ4v) is 2.82. The zero-order valence-corrected chi connectivity index (χ0v) is 16.9. The molecule has 0 saturated carbocycles. The molecule has 0 fully saturated rings. The average Bonchev–Trinajstić information content (AvgIpc) is 3.21. The standard InChI is InChI=1S/C21H25N5O3/c1-4-5-16-6-8-18(9-7-16)28-13-20(27)26(15(2)3)12-19-24-21(25-29-19)17-10-22-14-23-11-17/h6-11,14-15H,4-5,12-13H2,1-3H3. The number of carbonyl (C=O) groups excluding carboxylic acids is 1. The summed E-state index contributed by atoms with van der Waals surface area (Å²) in [6.07, 6.45) is 6.76. The van der Waals surface area contributed by atoms with Gasteiger partial charge in [-0.25, -0.2) is 9.97 Å². The van der Waals surface area contributed by atoms with E-state index in [2.05, 4.69) is 27.0 Å². The third-order valence-corrected chi connectivity index (χ3v) is 4.36. The van der Waals surface area contributed by atoms with E-state index in [9.17, 15) is 4.79 Å². The molecule has 0 aliphatic rings. The van der Waals surface area contributed by atoms with Crippen molar-refractivity contribution in [1.29, 1.82) is 0 Å². The lowest BCUT2D eigenvalue weighted by atomic mass is 10.1. The van der Waals surface area contributed by atoms with Crippen LogP contribution in [0.15, 0.2) is 47.5 Å². The summed E-state index contributed by atoms with van der Waals surface area (Å²) in [4.78, 5) is 26.6. The molecule has 0 N–H and O–H groups in total. The summed E-state index contributed by atoms with van der Waals surface area (Å²) in [6, 6.07) is 7.79. The molecule has 0 atom stereocenters. The minimum absolute atomic E-state index is 0.0477. The second-order valence-corrected chi connectivity index (χ2v) is 6.94. The smallest absolute Gasteiger partial charge is 0.261 e. The predicted molar refractivity (Wildman–Crippen MR) is 107 cm³/mol. The molecule has 29 heavy (non-hydrogen) atoms. The number of amides is 1. The minimum atomic E-state index is -0.152. The highest BCUT2D eigenvalue weighted by Gasteiger charge is 2.21. The first-order valence-electron chi connectivity index (χ1n) is 9.66. The zero-order valence-electron chi connectivity index (χ0n) is 16.9. The molecule has 0 radical (unpaired) electrons. The molecule has 0 saturated heterocycles. The molecule has 0 aliphatic carbocycles. The van der Waals surface area contributed by atoms with Gasteiger partial charge in [0.25, 0.3) is 5.91 Å². The van der Waals surface area contributed by atoms with Gasteiger partial charge in [0.2, 0.25) is 11.7 Å². The van der Waals surface area contributed by atoms with E-state index in [-0.39, 0.29) is 25.1 Å². The third kappa shape index (κ3) is 5.60. The normalized spacial score (nSPS) is 10.9. The lowest BCUT2D eigenvalue weighted by molar-refractivity contribution is -0.136. The van der Waals surface area contributed by atoms with Crippen molar-refractivity contribution in [2.75, 3.05) is 6.61 Å². The number of aryl methyl sites for hydroxylation is 1. The Hall–Kier alpha value is -3.29. The SMILES string of the molecule is CCCc1ccc(OCC(=O)N(Cc2nc(-c3cncnc3)no2)C(C)C)cc1. The van der Waals surface area contributed by atoms with Crippen LogP contribution in [-0.4, -0.2) is 43.6 Å². The molecule has 8 heteroatoms. The van der Waals surface area contributed by atoms with Crippen molar-refractivity contribution in [3.63, 3.8) is 0 Å². The Morgan fingerprint density at radius 1 is 1.17 bits per heavy atom. The Morgan fingerprint density at radius 2 is 1.90 bits per heavy atom. The minimum Gasteiger partial charge on any atom is -0.484 e. The Morgan fingerprint density at radius 3 is 2.55 bits per heavy atom. The highest BCUT2D eigenvalue weighted by molar-refractivity contribution is 5.78. The van der Waals surface area contributed by atoms with Crippen molar-refractivity contribution in [2.24, 2.45) is 0 Å². The van der Waals surface area contributed by atoms with Crippen LogP contribution in [-0.2, 0) is 17.8 Å². The summed E-state index contributed by atoms with van der Waals surface area (Å²) in [6.45, 7) is 6.15. The van der Waals surface area contributed by atoms with Gasteiger partial charge in [0.1, 0.15) is 18.6 Å². The molecule has 0 aliphatic heterocycles. The molecule has 0 spiro atoms. The van der Waals surface area contributed by atoms with Crippen molar-refractivity contribution in [3.05, 3.63) is 54.4 Å². The maximum Gasteiger partial charge on any atom is 0.261 e. The van der Waals surface area contributed by atoms with Gasteiger partial charge in [-0.05, 0) is 38.0 Å². The molecule has 1 aromatic carbocycles. The van der Waals surface area contributed by atoms with Gasteiger partial charge in [0.15, 0.2) is 6.61 Å². The van der Waals surface area contributed by atoms with Crippen LogP contribution in [0.5, 0.6) is 5.75 Å². The van der Waals surface area contributed by atoms with E-state index in [1.54, 1.807) is 17.3 Å². The van der Waals surface area contributed by atoms with Crippen molar-refractivity contribution in [3.8, 4) is 17.1 Å². The molecular formula is C21H25N5O3. The predicted octanol–water partition coefficient (Wildman–Crippen LogP) is 3.30. The Bertz CT molecular complexity index is 910. The monoisotopic (exact) mass is 395 g/mol. The van der Waals surface area contributed by atoms with Crippen molar-refractivity contribution in [1.82, 2.24) is 25.0 Å². The van der Waals surface area contributed by atoms with Gasteiger partial charge in [0.05, 0.1) is 5.56 Å². The van der Waals surface area contributed by atoms with Gasteiger partial charge >= 0.3 is 0 Å². The van der Waals surface area contributed by atoms with E-state index in [0.29, 0.717) is 23.0 Å². The van der Waals surface area contributed by atoms with Crippen LogP contribution < -0.4 is 4.74 Å². The Balaban J connectivity index is 1.60. The van der Waals surface area contributed by atoms with Crippen LogP contribution in [0.4, 0.5) is 0 Å². The number of carbonyl (C=O) groups is 1. The molecule has 0 bridgehead atoms. The fraction of sp³-hybridized carbons (Fsp3) is 0.381. The Labute approximate surface area is 169 Å². The molecule has 3 aromatic rings. The summed E-state index contributed by atoms with van der Waals surface area (Å²) < 4.78 is 11.0. The Kier molecular flexibility index (Phi) is 6.89. The summed E-state index contributed by atoms with van der Waals surface area (Å²) in [5.41, 5.74) is 1.91. The molecular weight excluding hydrogens is 370 g/mol. The van der Waals surface area contributed by atoms with Gasteiger partial charge in [-0.1, -0.05) is 30.6 Å². The van der Waals surface area contributed by atoms with Crippen LogP contribution in [0.1, 0.15) is 38.6 Å². The number of aromatic nitrogens is 4. The fourth-order valence-electron chi connectivity index (χ4n) is 2.82. The van der Waals surface area contributed by atoms with Crippen molar-refractivity contribution >= 4 is 5.91 Å². The lowest BCUT2D eigenvalue weighted by Crippen LogP contribution is -2.39. The average molecular weight is 395 g/mol. The van der Waals surface area contributed by atoms with Gasteiger partial charge in [-0.15, -0.1) is 0 Å². The lowest BCUT2D eigenvalue weighted by Gasteiger charge is -2.25. The van der Waals surface area contributed by atoms with E-state index in [1.165, 1.54) is 11.9 Å². The summed E-state index contributed by atoms with van der Waals surface area (Å²) in [7, 11) is 0. The van der Waals surface area contributed by atoms with E-state index in [4.69, 9.17) is 9.26 Å². The number of hydrogen-bond donors (Lipinski definition) is 0. The van der Waals surface area contributed by atoms with E-state index < -0.39 is 0 Å². The summed E-state index contributed by atoms with van der Waals surface area (Å²) in [5.74, 6) is 1.25. The molecule has 0 unspecified atom stereocenters. The van der Waals surface area contributed by atoms with Crippen LogP contribution in [0.3, 0.4) is 0 Å². The molecule has 3 rings (SSSR count). The highest BCUT2D eigenvalue weighted by atomic mass is 16.5. The van der Waals surface area contributed by atoms with Gasteiger partial charge in [0, 0.05) is 18.4 Å².